The van der Waals surface area contributed by atoms with E-state index in [0.717, 1.165) is 9.44 Å². The van der Waals surface area contributed by atoms with Gasteiger partial charge in [0.15, 0.2) is 17.0 Å². The number of nitrogens with one attached hydrogen (secondary N) is 1. The van der Waals surface area contributed by atoms with Crippen LogP contribution in [-0.2, 0) is 17.9 Å². The van der Waals surface area contributed by atoms with Gasteiger partial charge in [-0.2, -0.15) is 0 Å². The van der Waals surface area contributed by atoms with Crippen LogP contribution < -0.4 is 26.0 Å². The summed E-state index contributed by atoms with van der Waals surface area (Å²) >= 11 is 1.44. The molecule has 0 saturated carbocycles. The molecule has 1 N–H and O–H groups in total. The maximum atomic E-state index is 13.2. The predicted octanol–water partition coefficient (Wildman–Crippen LogP) is 2.32. The zero-order valence-corrected chi connectivity index (χ0v) is 18.2. The van der Waals surface area contributed by atoms with Crippen molar-refractivity contribution in [2.75, 3.05) is 19.5 Å². The lowest BCUT2D eigenvalue weighted by atomic mass is 10.2. The quantitative estimate of drug-likeness (QED) is 0.462. The molecule has 4 rings (SSSR count). The lowest BCUT2D eigenvalue weighted by Crippen LogP contribution is -2.42. The van der Waals surface area contributed by atoms with Crippen LogP contribution in [-0.4, -0.2) is 34.2 Å². The third kappa shape index (κ3) is 4.12. The van der Waals surface area contributed by atoms with E-state index in [1.165, 1.54) is 36.3 Å². The first-order valence-electron chi connectivity index (χ1n) is 9.64. The van der Waals surface area contributed by atoms with Gasteiger partial charge in [-0.1, -0.05) is 6.07 Å². The van der Waals surface area contributed by atoms with Crippen LogP contribution in [0, 0.1) is 0 Å². The Kier molecular flexibility index (Phi) is 6.04. The van der Waals surface area contributed by atoms with E-state index in [9.17, 15) is 14.4 Å². The Morgan fingerprint density at radius 2 is 1.88 bits per heavy atom. The van der Waals surface area contributed by atoms with Gasteiger partial charge in [0.05, 0.1) is 26.3 Å². The molecule has 0 radical (unpaired) electrons. The number of ether oxygens (including phenoxy) is 2. The molecular weight excluding hydrogens is 432 g/mol. The second kappa shape index (κ2) is 9.06. The molecule has 164 valence electrons. The van der Waals surface area contributed by atoms with Gasteiger partial charge in [0.2, 0.25) is 5.91 Å². The molecule has 0 aliphatic heterocycles. The molecule has 0 atom stereocenters. The molecular formula is C22H20N4O5S. The largest absolute Gasteiger partial charge is 0.493 e. The second-order valence-corrected chi connectivity index (χ2v) is 7.86. The number of carbonyl (C=O) groups is 1. The van der Waals surface area contributed by atoms with E-state index in [0.29, 0.717) is 22.7 Å². The normalized spacial score (nSPS) is 10.8. The Morgan fingerprint density at radius 1 is 1.06 bits per heavy atom. The van der Waals surface area contributed by atoms with Gasteiger partial charge in [0.25, 0.3) is 5.56 Å². The summed E-state index contributed by atoms with van der Waals surface area (Å²) in [5.41, 5.74) is -0.160. The topological polar surface area (TPSA) is 104 Å². The average molecular weight is 452 g/mol. The summed E-state index contributed by atoms with van der Waals surface area (Å²) in [5, 5.41) is 4.62. The maximum absolute atomic E-state index is 13.2. The average Bonchev–Trinajstić information content (AvgIpc) is 3.32. The van der Waals surface area contributed by atoms with E-state index in [1.54, 1.807) is 30.3 Å². The number of benzene rings is 1. The van der Waals surface area contributed by atoms with Gasteiger partial charge in [0, 0.05) is 22.8 Å². The number of hydrogen-bond acceptors (Lipinski definition) is 7. The third-order valence-corrected chi connectivity index (χ3v) is 5.71. The molecule has 0 aliphatic rings. The first-order chi connectivity index (χ1) is 15.5. The van der Waals surface area contributed by atoms with E-state index < -0.39 is 17.2 Å². The first kappa shape index (κ1) is 21.3. The molecule has 0 fully saturated rings. The predicted molar refractivity (Wildman–Crippen MR) is 122 cm³/mol. The SMILES string of the molecule is COc1ccc(NC(=O)Cn2c(=O)n(Cc3cccs3)c(=O)c3ncccc32)cc1OC. The molecule has 0 aliphatic carbocycles. The van der Waals surface area contributed by atoms with E-state index in [-0.39, 0.29) is 18.6 Å². The van der Waals surface area contributed by atoms with Gasteiger partial charge >= 0.3 is 5.69 Å². The highest BCUT2D eigenvalue weighted by Crippen LogP contribution is 2.29. The molecule has 3 heterocycles. The Bertz CT molecular complexity index is 1390. The molecule has 32 heavy (non-hydrogen) atoms. The Balaban J connectivity index is 1.70. The van der Waals surface area contributed by atoms with Crippen molar-refractivity contribution < 1.29 is 14.3 Å². The van der Waals surface area contributed by atoms with Crippen molar-refractivity contribution in [3.8, 4) is 11.5 Å². The van der Waals surface area contributed by atoms with E-state index in [4.69, 9.17) is 9.47 Å². The highest BCUT2D eigenvalue weighted by Gasteiger charge is 2.17. The molecule has 3 aromatic heterocycles. The van der Waals surface area contributed by atoms with Crippen molar-refractivity contribution in [1.29, 1.82) is 0 Å². The number of pyridine rings is 1. The number of fused-ring (bicyclic) bond motifs is 1. The van der Waals surface area contributed by atoms with Crippen molar-refractivity contribution in [3.05, 3.63) is 79.8 Å². The Labute approximate surface area is 186 Å². The van der Waals surface area contributed by atoms with E-state index in [1.807, 2.05) is 17.5 Å². The summed E-state index contributed by atoms with van der Waals surface area (Å²) in [6.45, 7) is -0.181. The summed E-state index contributed by atoms with van der Waals surface area (Å²) < 4.78 is 12.8. The molecule has 1 aromatic carbocycles. The van der Waals surface area contributed by atoms with Crippen LogP contribution >= 0.6 is 11.3 Å². The maximum Gasteiger partial charge on any atom is 0.332 e. The Hall–Kier alpha value is -3.92. The summed E-state index contributed by atoms with van der Waals surface area (Å²) in [4.78, 5) is 43.9. The van der Waals surface area contributed by atoms with Gasteiger partial charge in [-0.15, -0.1) is 11.3 Å². The van der Waals surface area contributed by atoms with Crippen molar-refractivity contribution in [2.24, 2.45) is 0 Å². The van der Waals surface area contributed by atoms with Crippen LogP contribution in [0.1, 0.15) is 4.88 Å². The molecule has 4 aromatic rings. The molecule has 9 nitrogen and oxygen atoms in total. The van der Waals surface area contributed by atoms with Gasteiger partial charge in [-0.05, 0) is 35.7 Å². The zero-order chi connectivity index (χ0) is 22.7. The first-order valence-corrected chi connectivity index (χ1v) is 10.5. The van der Waals surface area contributed by atoms with Gasteiger partial charge in [0.1, 0.15) is 6.54 Å². The van der Waals surface area contributed by atoms with Gasteiger partial charge in [-0.25, -0.2) is 9.78 Å². The monoisotopic (exact) mass is 452 g/mol. The molecule has 10 heteroatoms. The van der Waals surface area contributed by atoms with Crippen LogP contribution in [0.3, 0.4) is 0 Å². The van der Waals surface area contributed by atoms with Crippen molar-refractivity contribution in [1.82, 2.24) is 14.1 Å². The van der Waals surface area contributed by atoms with Crippen LogP contribution in [0.2, 0.25) is 0 Å². The van der Waals surface area contributed by atoms with Crippen LogP contribution in [0.4, 0.5) is 5.69 Å². The minimum Gasteiger partial charge on any atom is -0.493 e. The fraction of sp³-hybridized carbons (Fsp3) is 0.182. The fourth-order valence-corrected chi connectivity index (χ4v) is 4.04. The lowest BCUT2D eigenvalue weighted by molar-refractivity contribution is -0.116. The smallest absolute Gasteiger partial charge is 0.332 e. The molecule has 0 unspecified atom stereocenters. The number of carbonyl (C=O) groups excluding carboxylic acids is 1. The molecule has 0 bridgehead atoms. The fourth-order valence-electron chi connectivity index (χ4n) is 3.35. The van der Waals surface area contributed by atoms with Crippen LogP contribution in [0.15, 0.2) is 63.6 Å². The lowest BCUT2D eigenvalue weighted by Gasteiger charge is -2.14. The standard InChI is InChI=1S/C22H20N4O5S/c1-30-17-8-7-14(11-18(17)31-2)24-19(27)13-25-16-6-3-9-23-20(16)21(28)26(22(25)29)12-15-5-4-10-32-15/h3-11H,12-13H2,1-2H3,(H,24,27). The van der Waals surface area contributed by atoms with E-state index >= 15 is 0 Å². The molecule has 1 amide bonds. The molecule has 0 spiro atoms. The minimum absolute atomic E-state index is 0.110. The number of anilines is 1. The zero-order valence-electron chi connectivity index (χ0n) is 17.4. The van der Waals surface area contributed by atoms with Gasteiger partial charge < -0.3 is 14.8 Å². The number of methoxy groups -OCH3 is 2. The summed E-state index contributed by atoms with van der Waals surface area (Å²) in [7, 11) is 3.02. The number of aromatic nitrogens is 3. The summed E-state index contributed by atoms with van der Waals surface area (Å²) in [6, 6.07) is 11.9. The number of rotatable bonds is 7. The van der Waals surface area contributed by atoms with E-state index in [2.05, 4.69) is 10.3 Å². The Morgan fingerprint density at radius 3 is 2.59 bits per heavy atom. The van der Waals surface area contributed by atoms with Gasteiger partial charge in [-0.3, -0.25) is 18.7 Å². The van der Waals surface area contributed by atoms with Crippen molar-refractivity contribution in [3.63, 3.8) is 0 Å². The van der Waals surface area contributed by atoms with Crippen LogP contribution in [0.5, 0.6) is 11.5 Å². The third-order valence-electron chi connectivity index (χ3n) is 4.85. The second-order valence-electron chi connectivity index (χ2n) is 6.83. The number of nitrogens with zero attached hydrogens (tertiary/aromatic N) is 3. The number of thiophene rings is 1. The van der Waals surface area contributed by atoms with Crippen molar-refractivity contribution in [2.45, 2.75) is 13.1 Å². The highest BCUT2D eigenvalue weighted by atomic mass is 32.1. The van der Waals surface area contributed by atoms with Crippen molar-refractivity contribution >= 4 is 34.0 Å². The highest BCUT2D eigenvalue weighted by molar-refractivity contribution is 7.09. The number of amides is 1. The number of hydrogen-bond donors (Lipinski definition) is 1. The molecule has 0 saturated heterocycles. The summed E-state index contributed by atoms with van der Waals surface area (Å²) in [6.07, 6.45) is 1.48. The minimum atomic E-state index is -0.577. The summed E-state index contributed by atoms with van der Waals surface area (Å²) in [5.74, 6) is 0.548. The van der Waals surface area contributed by atoms with Crippen LogP contribution in [0.25, 0.3) is 11.0 Å².